The predicted octanol–water partition coefficient (Wildman–Crippen LogP) is -13.6. The first-order valence-corrected chi connectivity index (χ1v) is 26.5. The summed E-state index contributed by atoms with van der Waals surface area (Å²) in [7, 11) is -5.13. The Balaban J connectivity index is 1.33. The van der Waals surface area contributed by atoms with Gasteiger partial charge in [0.05, 0.1) is 39.6 Å². The Bertz CT molecular complexity index is 2080. The van der Waals surface area contributed by atoms with E-state index in [-0.39, 0.29) is 6.54 Å². The SMILES string of the molecule is CC(=O)N[C@H]1[C@H](O[C@@H]2[C@H](O)[C@H](O[C@H]3[C@H](O)[C@@H](O)[C@H](O)O[C@@H]3CO)O[C@H](CO)[C@H]2O)O[C@H](COP(=O)(O)OCCN)[C@@H](O[C@@H]2O[C@H](CO)[C@H](O)[C@H](O[C@@H]3O[C@H](CO)[C@H](O)[C@H](O[C@@H]4O[C@H](C(=O)O)[C@@H](O)[C@H](O)[C@H]4O)[C@H]3O)[C@H]2NC(C)=O)[C@@H]1O. The zero-order valence-electron chi connectivity index (χ0n) is 42.8. The van der Waals surface area contributed by atoms with Crippen molar-refractivity contribution < 1.29 is 172 Å². The minimum atomic E-state index is -5.13. The molecule has 1 unspecified atom stereocenters. The van der Waals surface area contributed by atoms with Crippen LogP contribution < -0.4 is 16.4 Å². The second kappa shape index (κ2) is 29.2. The third kappa shape index (κ3) is 15.5. The molecule has 31 atom stereocenters. The Morgan fingerprint density at radius 2 is 0.877 bits per heavy atom. The van der Waals surface area contributed by atoms with Crippen molar-refractivity contribution in [3.05, 3.63) is 0 Å². The van der Waals surface area contributed by atoms with Crippen LogP contribution in [0.5, 0.6) is 0 Å². The summed E-state index contributed by atoms with van der Waals surface area (Å²) in [5.74, 6) is -3.75. The monoisotopic (exact) mass is 1210 g/mol. The van der Waals surface area contributed by atoms with Crippen molar-refractivity contribution >= 4 is 25.6 Å². The first kappa shape index (κ1) is 67.5. The summed E-state index contributed by atoms with van der Waals surface area (Å²) in [5.41, 5.74) is 5.41. The molecular formula is C42H72N3O35P. The van der Waals surface area contributed by atoms with Gasteiger partial charge in [-0.2, -0.15) is 0 Å². The van der Waals surface area contributed by atoms with Crippen LogP contribution in [0.25, 0.3) is 0 Å². The lowest BCUT2D eigenvalue weighted by atomic mass is 9.93. The van der Waals surface area contributed by atoms with Crippen molar-refractivity contribution in [1.82, 2.24) is 10.6 Å². The largest absolute Gasteiger partial charge is 0.479 e. The van der Waals surface area contributed by atoms with Gasteiger partial charge in [0, 0.05) is 20.4 Å². The zero-order valence-corrected chi connectivity index (χ0v) is 43.7. The Morgan fingerprint density at radius 1 is 0.457 bits per heavy atom. The van der Waals surface area contributed by atoms with Crippen LogP contribution in [-0.4, -0.2) is 340 Å². The van der Waals surface area contributed by atoms with Crippen molar-refractivity contribution in [3.8, 4) is 0 Å². The number of ether oxygens (including phenoxy) is 11. The lowest BCUT2D eigenvalue weighted by molar-refractivity contribution is -0.383. The number of aliphatic carboxylic acids is 1. The van der Waals surface area contributed by atoms with Crippen LogP contribution in [-0.2, 0) is 80.1 Å². The lowest BCUT2D eigenvalue weighted by Gasteiger charge is -2.51. The van der Waals surface area contributed by atoms with Gasteiger partial charge in [-0.25, -0.2) is 9.36 Å². The molecule has 0 aromatic carbocycles. The maximum absolute atomic E-state index is 13.0. The molecule has 470 valence electrons. The fraction of sp³-hybridized carbons (Fsp3) is 0.929. The molecule has 0 bridgehead atoms. The Hall–Kier alpha value is -2.60. The van der Waals surface area contributed by atoms with E-state index in [1.54, 1.807) is 0 Å². The van der Waals surface area contributed by atoms with Crippen LogP contribution in [0, 0.1) is 0 Å². The van der Waals surface area contributed by atoms with Crippen LogP contribution in [0.3, 0.4) is 0 Å². The summed E-state index contributed by atoms with van der Waals surface area (Å²) >= 11 is 0. The van der Waals surface area contributed by atoms with E-state index in [2.05, 4.69) is 10.6 Å². The number of amides is 2. The number of phosphoric ester groups is 1. The minimum Gasteiger partial charge on any atom is -0.479 e. The highest BCUT2D eigenvalue weighted by atomic mass is 31.2. The van der Waals surface area contributed by atoms with Crippen LogP contribution in [0.15, 0.2) is 0 Å². The molecule has 6 fully saturated rings. The summed E-state index contributed by atoms with van der Waals surface area (Å²) < 4.78 is 85.7. The number of hydrogen-bond acceptors (Lipinski definition) is 34. The summed E-state index contributed by atoms with van der Waals surface area (Å²) in [6.07, 6.45) is -58.2. The van der Waals surface area contributed by atoms with E-state index in [4.69, 9.17) is 66.9 Å². The van der Waals surface area contributed by atoms with E-state index in [1.165, 1.54) is 0 Å². The molecule has 39 heteroatoms. The molecule has 22 N–H and O–H groups in total. The number of carboxylic acids is 1. The maximum atomic E-state index is 13.0. The smallest absolute Gasteiger partial charge is 0.472 e. The van der Waals surface area contributed by atoms with Gasteiger partial charge >= 0.3 is 13.8 Å². The average Bonchev–Trinajstić information content (AvgIpc) is 3.41. The third-order valence-electron chi connectivity index (χ3n) is 13.8. The van der Waals surface area contributed by atoms with Crippen molar-refractivity contribution in [2.24, 2.45) is 5.73 Å². The summed E-state index contributed by atoms with van der Waals surface area (Å²) in [5, 5.41) is 187. The van der Waals surface area contributed by atoms with Gasteiger partial charge in [0.1, 0.15) is 140 Å². The van der Waals surface area contributed by atoms with E-state index in [1.807, 2.05) is 0 Å². The van der Waals surface area contributed by atoms with Crippen molar-refractivity contribution in [2.75, 3.05) is 46.2 Å². The van der Waals surface area contributed by atoms with Crippen molar-refractivity contribution in [2.45, 2.75) is 198 Å². The summed E-state index contributed by atoms with van der Waals surface area (Å²) in [4.78, 5) is 48.2. The highest BCUT2D eigenvalue weighted by molar-refractivity contribution is 7.47. The zero-order chi connectivity index (χ0) is 60.1. The number of carbonyl (C=O) groups is 3. The Morgan fingerprint density at radius 3 is 1.38 bits per heavy atom. The third-order valence-corrected chi connectivity index (χ3v) is 14.8. The van der Waals surface area contributed by atoms with Gasteiger partial charge in [-0.1, -0.05) is 0 Å². The second-order valence-electron chi connectivity index (χ2n) is 19.5. The van der Waals surface area contributed by atoms with Gasteiger partial charge in [0.15, 0.2) is 43.8 Å². The molecule has 6 heterocycles. The topological polar surface area (TPSA) is 602 Å². The number of carboxylic acid groups (broad SMARTS) is 1. The highest BCUT2D eigenvalue weighted by Gasteiger charge is 2.59. The molecule has 6 aliphatic rings. The number of aliphatic hydroxyl groups excluding tert-OH is 16. The quantitative estimate of drug-likeness (QED) is 0.0423. The molecule has 0 aromatic heterocycles. The summed E-state index contributed by atoms with van der Waals surface area (Å²) in [6, 6.07) is -3.90. The Kier molecular flexibility index (Phi) is 24.3. The maximum Gasteiger partial charge on any atom is 0.472 e. The second-order valence-corrected chi connectivity index (χ2v) is 20.9. The molecule has 0 saturated carbocycles. The predicted molar refractivity (Wildman–Crippen MR) is 247 cm³/mol. The molecule has 6 rings (SSSR count). The molecule has 6 saturated heterocycles. The molecule has 6 aliphatic heterocycles. The molecule has 2 amide bonds. The molecule has 0 radical (unpaired) electrons. The number of hydrogen-bond donors (Lipinski definition) is 21. The minimum absolute atomic E-state index is 0.305. The average molecular weight is 1210 g/mol. The van der Waals surface area contributed by atoms with E-state index < -0.39 is 249 Å². The lowest BCUT2D eigenvalue weighted by Crippen LogP contribution is -2.71. The Labute approximate surface area is 457 Å². The number of carbonyl (C=O) groups excluding carboxylic acids is 2. The van der Waals surface area contributed by atoms with Crippen LogP contribution in [0.4, 0.5) is 0 Å². The first-order valence-electron chi connectivity index (χ1n) is 25.0. The summed E-state index contributed by atoms with van der Waals surface area (Å²) in [6.45, 7) is -4.40. The van der Waals surface area contributed by atoms with Gasteiger partial charge in [0.2, 0.25) is 11.8 Å². The van der Waals surface area contributed by atoms with Crippen LogP contribution in [0.2, 0.25) is 0 Å². The first-order chi connectivity index (χ1) is 38.1. The van der Waals surface area contributed by atoms with E-state index in [9.17, 15) is 111 Å². The standard InChI is InChI=1S/C42H72N3O35P/c1-10(50)44-17-22(55)31(16(9-69-81(66,67)68-4-3-43)74-38(17)78-33-20(53)13(6-47)72-41(28(33)61)76-30-15(8-49)70-37(65)26(59)25(30)58)75-39-18(45-11(2)51)32(19(52)12(5-46)71-39)77-42-29(62)34(21(54)14(7-48)73-42)79-40-27(60)23(56)24(57)35(80-40)36(63)64/h12-35,37-42,46-49,52-62,65H,3-9,43H2,1-2H3,(H,44,50)(H,45,51)(H,63,64)(H,66,67)/t12-,13-,14-,15-,16-,17-,18-,19+,20-,21+,22-,23+,24+,25-,26-,27-,28+,29-,30-,31-,32-,33+,34+,35+,37-,38+,39+,40-,41+,42+/m1/s1. The molecule has 0 aliphatic carbocycles. The fourth-order valence-corrected chi connectivity index (χ4v) is 10.4. The van der Waals surface area contributed by atoms with Gasteiger partial charge in [-0.3, -0.25) is 18.6 Å². The van der Waals surface area contributed by atoms with Crippen molar-refractivity contribution in [3.63, 3.8) is 0 Å². The number of phosphoric acid groups is 1. The van der Waals surface area contributed by atoms with E-state index >= 15 is 0 Å². The number of nitrogens with two attached hydrogens (primary N) is 1. The highest BCUT2D eigenvalue weighted by Crippen LogP contribution is 2.44. The van der Waals surface area contributed by atoms with Gasteiger partial charge < -0.3 is 160 Å². The molecule has 0 spiro atoms. The van der Waals surface area contributed by atoms with Crippen molar-refractivity contribution in [1.29, 1.82) is 0 Å². The number of nitrogens with one attached hydrogen (secondary N) is 2. The van der Waals surface area contributed by atoms with E-state index in [0.29, 0.717) is 0 Å². The van der Waals surface area contributed by atoms with Gasteiger partial charge in [-0.15, -0.1) is 0 Å². The molecule has 38 nitrogen and oxygen atoms in total. The van der Waals surface area contributed by atoms with Gasteiger partial charge in [0.25, 0.3) is 0 Å². The number of aliphatic hydroxyl groups is 16. The fourth-order valence-electron chi connectivity index (χ4n) is 9.66. The molecular weight excluding hydrogens is 1140 g/mol. The van der Waals surface area contributed by atoms with Crippen LogP contribution in [0.1, 0.15) is 13.8 Å². The van der Waals surface area contributed by atoms with Gasteiger partial charge in [-0.05, 0) is 0 Å². The molecule has 0 aromatic rings. The molecule has 81 heavy (non-hydrogen) atoms. The van der Waals surface area contributed by atoms with Crippen LogP contribution >= 0.6 is 7.82 Å². The van der Waals surface area contributed by atoms with E-state index in [0.717, 1.165) is 13.8 Å². The number of rotatable bonds is 23. The normalized spacial score (nSPS) is 46.8.